The van der Waals surface area contributed by atoms with E-state index in [4.69, 9.17) is 0 Å². The highest BCUT2D eigenvalue weighted by Gasteiger charge is 2.55. The summed E-state index contributed by atoms with van der Waals surface area (Å²) < 4.78 is 0. The van der Waals surface area contributed by atoms with Gasteiger partial charge in [0, 0.05) is 18.5 Å². The van der Waals surface area contributed by atoms with Crippen molar-refractivity contribution >= 4 is 17.2 Å². The molecule has 114 valence electrons. The van der Waals surface area contributed by atoms with Gasteiger partial charge >= 0.3 is 0 Å². The number of rotatable bonds is 4. The van der Waals surface area contributed by atoms with Gasteiger partial charge in [0.25, 0.3) is 0 Å². The number of hydrogen-bond donors (Lipinski definition) is 0. The molecule has 1 aromatic rings. The topological polar surface area (TPSA) is 20.3 Å². The molecule has 4 aliphatic rings. The quantitative estimate of drug-likeness (QED) is 0.824. The van der Waals surface area contributed by atoms with Gasteiger partial charge in [0.2, 0.25) is 5.91 Å². The fraction of sp³-hybridized carbons (Fsp3) is 0.722. The van der Waals surface area contributed by atoms with Gasteiger partial charge < -0.3 is 4.90 Å². The van der Waals surface area contributed by atoms with Crippen molar-refractivity contribution in [2.75, 3.05) is 13.6 Å². The monoisotopic (exact) mass is 303 g/mol. The number of amides is 1. The Morgan fingerprint density at radius 2 is 1.86 bits per heavy atom. The number of nitrogens with zero attached hydrogens (tertiary/aromatic N) is 1. The highest BCUT2D eigenvalue weighted by atomic mass is 32.1. The molecule has 5 rings (SSSR count). The lowest BCUT2D eigenvalue weighted by atomic mass is 9.49. The molecule has 0 atom stereocenters. The maximum atomic E-state index is 13.1. The van der Waals surface area contributed by atoms with Crippen LogP contribution in [-0.2, 0) is 11.2 Å². The Balaban J connectivity index is 1.44. The Hall–Kier alpha value is -0.830. The number of carbonyl (C=O) groups excluding carboxylic acids is 1. The highest BCUT2D eigenvalue weighted by molar-refractivity contribution is 7.09. The Morgan fingerprint density at radius 3 is 2.38 bits per heavy atom. The normalized spacial score (nSPS) is 36.9. The third-order valence-electron chi connectivity index (χ3n) is 6.11. The molecule has 1 aromatic heterocycles. The Labute approximate surface area is 131 Å². The second-order valence-electron chi connectivity index (χ2n) is 7.75. The van der Waals surface area contributed by atoms with Crippen molar-refractivity contribution in [3.05, 3.63) is 22.4 Å². The second-order valence-corrected chi connectivity index (χ2v) is 8.79. The molecule has 0 unspecified atom stereocenters. The van der Waals surface area contributed by atoms with Gasteiger partial charge in [-0.25, -0.2) is 0 Å². The molecule has 4 fully saturated rings. The fourth-order valence-corrected chi connectivity index (χ4v) is 6.31. The summed E-state index contributed by atoms with van der Waals surface area (Å²) in [5.41, 5.74) is 0.0267. The Kier molecular flexibility index (Phi) is 3.36. The van der Waals surface area contributed by atoms with E-state index in [0.717, 1.165) is 30.7 Å². The van der Waals surface area contributed by atoms with Crippen molar-refractivity contribution in [1.29, 1.82) is 0 Å². The Morgan fingerprint density at radius 1 is 1.24 bits per heavy atom. The van der Waals surface area contributed by atoms with Crippen molar-refractivity contribution in [3.8, 4) is 0 Å². The zero-order valence-electron chi connectivity index (χ0n) is 12.9. The van der Waals surface area contributed by atoms with Gasteiger partial charge in [-0.3, -0.25) is 4.79 Å². The minimum Gasteiger partial charge on any atom is -0.345 e. The minimum absolute atomic E-state index is 0.0267. The van der Waals surface area contributed by atoms with Crippen LogP contribution in [0, 0.1) is 23.2 Å². The van der Waals surface area contributed by atoms with Crippen molar-refractivity contribution in [2.24, 2.45) is 23.2 Å². The zero-order chi connectivity index (χ0) is 14.4. The van der Waals surface area contributed by atoms with Gasteiger partial charge in [0.1, 0.15) is 0 Å². The molecule has 1 amide bonds. The lowest BCUT2D eigenvalue weighted by Crippen LogP contribution is -2.54. The van der Waals surface area contributed by atoms with Crippen molar-refractivity contribution in [3.63, 3.8) is 0 Å². The van der Waals surface area contributed by atoms with Gasteiger partial charge in [0.15, 0.2) is 0 Å². The number of thiophene rings is 1. The van der Waals surface area contributed by atoms with Gasteiger partial charge in [-0.2, -0.15) is 0 Å². The third kappa shape index (κ3) is 2.44. The fourth-order valence-electron chi connectivity index (χ4n) is 5.61. The molecule has 4 bridgehead atoms. The number of carbonyl (C=O) groups is 1. The van der Waals surface area contributed by atoms with Crippen molar-refractivity contribution in [1.82, 2.24) is 4.90 Å². The summed E-state index contributed by atoms with van der Waals surface area (Å²) >= 11 is 1.80. The average Bonchev–Trinajstić information content (AvgIpc) is 2.95. The van der Waals surface area contributed by atoms with Crippen LogP contribution in [-0.4, -0.2) is 24.4 Å². The van der Waals surface area contributed by atoms with Crippen LogP contribution in [0.2, 0.25) is 0 Å². The maximum absolute atomic E-state index is 13.1. The third-order valence-corrected chi connectivity index (χ3v) is 7.05. The first-order chi connectivity index (χ1) is 10.1. The van der Waals surface area contributed by atoms with Crippen LogP contribution < -0.4 is 0 Å². The first-order valence-corrected chi connectivity index (χ1v) is 9.30. The van der Waals surface area contributed by atoms with Crippen LogP contribution in [0.3, 0.4) is 0 Å². The minimum atomic E-state index is 0.0267. The van der Waals surface area contributed by atoms with E-state index >= 15 is 0 Å². The molecule has 3 heteroatoms. The average molecular weight is 303 g/mol. The van der Waals surface area contributed by atoms with Crippen LogP contribution in [0.1, 0.15) is 43.4 Å². The van der Waals surface area contributed by atoms with Crippen LogP contribution in [0.25, 0.3) is 0 Å². The number of likely N-dealkylation sites (N-methyl/N-ethyl adjacent to an activating group) is 1. The van der Waals surface area contributed by atoms with E-state index in [0.29, 0.717) is 5.91 Å². The second kappa shape index (κ2) is 5.12. The Bertz CT molecular complexity index is 486. The first kappa shape index (κ1) is 13.8. The summed E-state index contributed by atoms with van der Waals surface area (Å²) in [4.78, 5) is 16.5. The highest BCUT2D eigenvalue weighted by Crippen LogP contribution is 2.60. The van der Waals surface area contributed by atoms with E-state index in [2.05, 4.69) is 17.5 Å². The molecule has 1 heterocycles. The van der Waals surface area contributed by atoms with Gasteiger partial charge in [0.05, 0.1) is 5.41 Å². The van der Waals surface area contributed by atoms with E-state index in [1.165, 1.54) is 43.4 Å². The smallest absolute Gasteiger partial charge is 0.228 e. The molecular weight excluding hydrogens is 278 g/mol. The summed E-state index contributed by atoms with van der Waals surface area (Å²) in [6, 6.07) is 4.27. The zero-order valence-corrected chi connectivity index (χ0v) is 13.7. The largest absolute Gasteiger partial charge is 0.345 e. The molecular formula is C18H25NOS. The number of hydrogen-bond acceptors (Lipinski definition) is 2. The van der Waals surface area contributed by atoms with E-state index in [9.17, 15) is 4.79 Å². The molecule has 0 aromatic carbocycles. The van der Waals surface area contributed by atoms with Crippen molar-refractivity contribution in [2.45, 2.75) is 44.9 Å². The lowest BCUT2D eigenvalue weighted by molar-refractivity contribution is -0.156. The SMILES string of the molecule is CN(CCc1cccs1)C(=O)C12CC3CC(CC(C3)C1)C2. The molecule has 0 radical (unpaired) electrons. The van der Waals surface area contributed by atoms with Crippen LogP contribution in [0.4, 0.5) is 0 Å². The molecule has 4 saturated carbocycles. The van der Waals surface area contributed by atoms with E-state index in [-0.39, 0.29) is 5.41 Å². The summed E-state index contributed by atoms with van der Waals surface area (Å²) in [5, 5.41) is 2.12. The first-order valence-electron chi connectivity index (χ1n) is 8.42. The molecule has 4 aliphatic carbocycles. The maximum Gasteiger partial charge on any atom is 0.228 e. The van der Waals surface area contributed by atoms with Crippen LogP contribution >= 0.6 is 11.3 Å². The summed E-state index contributed by atoms with van der Waals surface area (Å²) in [7, 11) is 2.02. The van der Waals surface area contributed by atoms with E-state index < -0.39 is 0 Å². The summed E-state index contributed by atoms with van der Waals surface area (Å²) in [6.45, 7) is 0.876. The van der Waals surface area contributed by atoms with E-state index in [1.807, 2.05) is 11.9 Å². The van der Waals surface area contributed by atoms with E-state index in [1.54, 1.807) is 11.3 Å². The van der Waals surface area contributed by atoms with Crippen molar-refractivity contribution < 1.29 is 4.79 Å². The molecule has 0 spiro atoms. The molecule has 0 N–H and O–H groups in total. The van der Waals surface area contributed by atoms with Gasteiger partial charge in [-0.05, 0) is 74.1 Å². The molecule has 2 nitrogen and oxygen atoms in total. The molecule has 21 heavy (non-hydrogen) atoms. The van der Waals surface area contributed by atoms with Crippen LogP contribution in [0.5, 0.6) is 0 Å². The predicted molar refractivity (Wildman–Crippen MR) is 86.3 cm³/mol. The van der Waals surface area contributed by atoms with Gasteiger partial charge in [-0.1, -0.05) is 6.07 Å². The van der Waals surface area contributed by atoms with Crippen LogP contribution in [0.15, 0.2) is 17.5 Å². The standard InChI is InChI=1S/C18H25NOS/c1-19(5-4-16-3-2-6-21-16)17(20)18-10-13-7-14(11-18)9-15(8-13)12-18/h2-3,6,13-15H,4-5,7-12H2,1H3. The molecule has 0 aliphatic heterocycles. The lowest BCUT2D eigenvalue weighted by Gasteiger charge is -2.56. The summed E-state index contributed by atoms with van der Waals surface area (Å²) in [5.74, 6) is 3.01. The van der Waals surface area contributed by atoms with Gasteiger partial charge in [-0.15, -0.1) is 11.3 Å². The molecule has 0 saturated heterocycles. The summed E-state index contributed by atoms with van der Waals surface area (Å²) in [6.07, 6.45) is 8.78. The predicted octanol–water partition coefficient (Wildman–Crippen LogP) is 3.97.